The van der Waals surface area contributed by atoms with Crippen LogP contribution in [-0.2, 0) is 11.2 Å². The van der Waals surface area contributed by atoms with E-state index in [1.54, 1.807) is 12.7 Å². The highest BCUT2D eigenvalue weighted by Gasteiger charge is 2.56. The molecule has 2 fully saturated rings. The predicted molar refractivity (Wildman–Crippen MR) is 91.7 cm³/mol. The summed E-state index contributed by atoms with van der Waals surface area (Å²) in [6.45, 7) is 4.83. The lowest BCUT2D eigenvalue weighted by atomic mass is 9.52. The van der Waals surface area contributed by atoms with Gasteiger partial charge in [-0.05, 0) is 84.5 Å². The van der Waals surface area contributed by atoms with E-state index in [-0.39, 0.29) is 11.3 Å². The molecule has 2 heteroatoms. The van der Waals surface area contributed by atoms with Gasteiger partial charge >= 0.3 is 0 Å². The summed E-state index contributed by atoms with van der Waals surface area (Å²) in [4.78, 5) is 11.6. The van der Waals surface area contributed by atoms with E-state index in [0.29, 0.717) is 11.8 Å². The van der Waals surface area contributed by atoms with Crippen molar-refractivity contribution in [2.75, 3.05) is 7.11 Å². The Balaban J connectivity index is 1.72. The molecule has 2 nitrogen and oxygen atoms in total. The Hall–Kier alpha value is -1.31. The second-order valence-electron chi connectivity index (χ2n) is 8.40. The van der Waals surface area contributed by atoms with Crippen LogP contribution in [0.1, 0.15) is 56.6 Å². The number of methoxy groups -OCH3 is 1. The first kappa shape index (κ1) is 15.2. The zero-order chi connectivity index (χ0) is 16.2. The summed E-state index contributed by atoms with van der Waals surface area (Å²) < 4.78 is 5.43. The van der Waals surface area contributed by atoms with Crippen LogP contribution in [0, 0.1) is 29.1 Å². The average Bonchev–Trinajstić information content (AvgIpc) is 2.90. The lowest BCUT2D eigenvalue weighted by Gasteiger charge is -2.52. The normalized spacial score (nSPS) is 41.6. The molecule has 4 rings (SSSR count). The summed E-state index contributed by atoms with van der Waals surface area (Å²) in [5.74, 6) is 4.13. The van der Waals surface area contributed by atoms with Gasteiger partial charge in [-0.2, -0.15) is 0 Å². The standard InChI is InChI=1S/C21H28O2/c1-13-10-14-11-16(23-3)5-6-17(14)18-8-9-21(2)15(12-22)4-7-19(21)20(13)18/h5-6,11-13,15,18-20H,4,7-10H2,1-3H3/t13-,15+,18-,19-,20-,21-/m1/s1. The van der Waals surface area contributed by atoms with E-state index in [4.69, 9.17) is 4.74 Å². The fourth-order valence-corrected chi connectivity index (χ4v) is 6.35. The van der Waals surface area contributed by atoms with E-state index in [1.165, 1.54) is 31.1 Å². The van der Waals surface area contributed by atoms with Crippen LogP contribution in [0.15, 0.2) is 18.2 Å². The van der Waals surface area contributed by atoms with Gasteiger partial charge in [0.15, 0.2) is 0 Å². The number of hydrogen-bond acceptors (Lipinski definition) is 2. The lowest BCUT2D eigenvalue weighted by molar-refractivity contribution is -0.116. The second-order valence-corrected chi connectivity index (χ2v) is 8.40. The number of ether oxygens (including phenoxy) is 1. The topological polar surface area (TPSA) is 26.3 Å². The van der Waals surface area contributed by atoms with Crippen LogP contribution >= 0.6 is 0 Å². The minimum absolute atomic E-state index is 0.251. The molecule has 0 heterocycles. The zero-order valence-electron chi connectivity index (χ0n) is 14.5. The molecule has 23 heavy (non-hydrogen) atoms. The summed E-state index contributed by atoms with van der Waals surface area (Å²) in [6.07, 6.45) is 7.22. The third-order valence-electron chi connectivity index (χ3n) is 7.52. The molecule has 0 N–H and O–H groups in total. The molecule has 0 saturated heterocycles. The largest absolute Gasteiger partial charge is 0.497 e. The highest BCUT2D eigenvalue weighted by molar-refractivity contribution is 5.56. The lowest BCUT2D eigenvalue weighted by Crippen LogP contribution is -2.45. The summed E-state index contributed by atoms with van der Waals surface area (Å²) in [5.41, 5.74) is 3.30. The van der Waals surface area contributed by atoms with Crippen molar-refractivity contribution in [1.29, 1.82) is 0 Å². The molecule has 2 saturated carbocycles. The molecule has 0 bridgehead atoms. The number of hydrogen-bond donors (Lipinski definition) is 0. The van der Waals surface area contributed by atoms with Crippen LogP contribution in [0.2, 0.25) is 0 Å². The molecule has 1 aromatic rings. The number of carbonyl (C=O) groups excluding carboxylic acids is 1. The van der Waals surface area contributed by atoms with Gasteiger partial charge < -0.3 is 9.53 Å². The van der Waals surface area contributed by atoms with Gasteiger partial charge in [0.1, 0.15) is 12.0 Å². The Morgan fingerprint density at radius 2 is 2.09 bits per heavy atom. The van der Waals surface area contributed by atoms with Gasteiger partial charge in [-0.3, -0.25) is 0 Å². The number of aldehydes is 1. The minimum Gasteiger partial charge on any atom is -0.497 e. The predicted octanol–water partition coefficient (Wildman–Crippen LogP) is 4.61. The molecule has 3 aliphatic carbocycles. The monoisotopic (exact) mass is 312 g/mol. The third-order valence-corrected chi connectivity index (χ3v) is 7.52. The Labute approximate surface area is 139 Å². The maximum Gasteiger partial charge on any atom is 0.123 e. The second kappa shape index (κ2) is 5.36. The van der Waals surface area contributed by atoms with Crippen LogP contribution in [0.5, 0.6) is 5.75 Å². The van der Waals surface area contributed by atoms with Crippen LogP contribution in [0.3, 0.4) is 0 Å². The van der Waals surface area contributed by atoms with Gasteiger partial charge in [-0.25, -0.2) is 0 Å². The van der Waals surface area contributed by atoms with Crippen molar-refractivity contribution in [1.82, 2.24) is 0 Å². The van der Waals surface area contributed by atoms with Gasteiger partial charge in [-0.1, -0.05) is 19.9 Å². The maximum atomic E-state index is 11.6. The molecule has 0 aliphatic heterocycles. The molecular weight excluding hydrogens is 284 g/mol. The first-order valence-electron chi connectivity index (χ1n) is 9.20. The third kappa shape index (κ3) is 2.10. The zero-order valence-corrected chi connectivity index (χ0v) is 14.5. The van der Waals surface area contributed by atoms with Crippen molar-refractivity contribution < 1.29 is 9.53 Å². The highest BCUT2D eigenvalue weighted by atomic mass is 16.5. The van der Waals surface area contributed by atoms with Gasteiger partial charge in [0.2, 0.25) is 0 Å². The Morgan fingerprint density at radius 1 is 1.26 bits per heavy atom. The van der Waals surface area contributed by atoms with E-state index in [0.717, 1.165) is 30.4 Å². The summed E-state index contributed by atoms with van der Waals surface area (Å²) >= 11 is 0. The summed E-state index contributed by atoms with van der Waals surface area (Å²) in [6, 6.07) is 6.69. The number of benzene rings is 1. The minimum atomic E-state index is 0.251. The van der Waals surface area contributed by atoms with Crippen LogP contribution in [0.4, 0.5) is 0 Å². The number of carbonyl (C=O) groups is 1. The van der Waals surface area contributed by atoms with Crippen LogP contribution in [0.25, 0.3) is 0 Å². The molecule has 0 spiro atoms. The smallest absolute Gasteiger partial charge is 0.123 e. The molecular formula is C21H28O2. The quantitative estimate of drug-likeness (QED) is 0.745. The van der Waals surface area contributed by atoms with E-state index >= 15 is 0 Å². The van der Waals surface area contributed by atoms with Crippen molar-refractivity contribution in [2.45, 2.75) is 51.9 Å². The Bertz CT molecular complexity index is 622. The summed E-state index contributed by atoms with van der Waals surface area (Å²) in [7, 11) is 1.75. The van der Waals surface area contributed by atoms with Crippen molar-refractivity contribution in [3.63, 3.8) is 0 Å². The molecule has 0 aromatic heterocycles. The van der Waals surface area contributed by atoms with Crippen LogP contribution in [-0.4, -0.2) is 13.4 Å². The van der Waals surface area contributed by atoms with Gasteiger partial charge in [0.05, 0.1) is 7.11 Å². The van der Waals surface area contributed by atoms with Crippen molar-refractivity contribution in [3.8, 4) is 5.75 Å². The molecule has 1 aromatic carbocycles. The Kier molecular flexibility index (Phi) is 3.55. The van der Waals surface area contributed by atoms with Crippen LogP contribution < -0.4 is 4.74 Å². The molecule has 3 aliphatic rings. The van der Waals surface area contributed by atoms with Crippen molar-refractivity contribution >= 4 is 6.29 Å². The number of fused-ring (bicyclic) bond motifs is 5. The average molecular weight is 312 g/mol. The van der Waals surface area contributed by atoms with Gasteiger partial charge in [0.25, 0.3) is 0 Å². The molecule has 124 valence electrons. The first-order valence-corrected chi connectivity index (χ1v) is 9.20. The van der Waals surface area contributed by atoms with Gasteiger partial charge in [0, 0.05) is 5.92 Å². The maximum absolute atomic E-state index is 11.6. The summed E-state index contributed by atoms with van der Waals surface area (Å²) in [5, 5.41) is 0. The fourth-order valence-electron chi connectivity index (χ4n) is 6.35. The first-order chi connectivity index (χ1) is 11.1. The molecule has 6 atom stereocenters. The molecule has 0 radical (unpaired) electrons. The molecule has 0 amide bonds. The van der Waals surface area contributed by atoms with E-state index in [2.05, 4.69) is 32.0 Å². The SMILES string of the molecule is COc1ccc2c(c1)C[C@@H](C)[C@@H]1[C@@H]2CC[C@]2(C)[C@H](C=O)CC[C@H]12. The molecule has 0 unspecified atom stereocenters. The van der Waals surface area contributed by atoms with Crippen molar-refractivity contribution in [2.24, 2.45) is 29.1 Å². The van der Waals surface area contributed by atoms with Gasteiger partial charge in [-0.15, -0.1) is 0 Å². The fraction of sp³-hybridized carbons (Fsp3) is 0.667. The van der Waals surface area contributed by atoms with E-state index < -0.39 is 0 Å². The van der Waals surface area contributed by atoms with Crippen molar-refractivity contribution in [3.05, 3.63) is 29.3 Å². The van der Waals surface area contributed by atoms with E-state index in [1.807, 2.05) is 0 Å². The highest BCUT2D eigenvalue weighted by Crippen LogP contribution is 2.63. The number of rotatable bonds is 2. The van der Waals surface area contributed by atoms with E-state index in [9.17, 15) is 4.79 Å². The Morgan fingerprint density at radius 3 is 2.83 bits per heavy atom.